The second-order valence-electron chi connectivity index (χ2n) is 4.70. The van der Waals surface area contributed by atoms with E-state index in [0.29, 0.717) is 5.56 Å². The van der Waals surface area contributed by atoms with Crippen LogP contribution < -0.4 is 10.9 Å². The number of ether oxygens (including phenoxy) is 1. The van der Waals surface area contributed by atoms with E-state index in [-0.39, 0.29) is 10.7 Å². The van der Waals surface area contributed by atoms with Gasteiger partial charge in [-0.15, -0.1) is 0 Å². The summed E-state index contributed by atoms with van der Waals surface area (Å²) in [5.41, 5.74) is 4.85. The van der Waals surface area contributed by atoms with Crippen LogP contribution in [0.1, 0.15) is 27.6 Å². The highest BCUT2D eigenvalue weighted by molar-refractivity contribution is 6.32. The van der Waals surface area contributed by atoms with Crippen molar-refractivity contribution >= 4 is 29.4 Å². The second kappa shape index (κ2) is 8.07. The predicted octanol–water partition coefficient (Wildman–Crippen LogP) is 1.74. The summed E-state index contributed by atoms with van der Waals surface area (Å²) in [4.78, 5) is 39.4. The maximum atomic E-state index is 11.9. The summed E-state index contributed by atoms with van der Waals surface area (Å²) in [6, 6.07) is 11.3. The minimum Gasteiger partial charge on any atom is -0.449 e. The summed E-state index contributed by atoms with van der Waals surface area (Å²) in [7, 11) is 0. The Morgan fingerprint density at radius 2 is 1.79 bits per heavy atom. The van der Waals surface area contributed by atoms with Crippen molar-refractivity contribution in [2.75, 3.05) is 0 Å². The molecular weight excluding hydrogens is 334 g/mol. The molecule has 8 heteroatoms. The van der Waals surface area contributed by atoms with E-state index in [4.69, 9.17) is 16.3 Å². The average Bonchev–Trinajstić information content (AvgIpc) is 2.60. The third kappa shape index (κ3) is 4.53. The van der Waals surface area contributed by atoms with E-state index in [2.05, 4.69) is 15.8 Å². The molecule has 1 atom stereocenters. The Morgan fingerprint density at radius 1 is 1.08 bits per heavy atom. The number of nitrogens with zero attached hydrogens (tertiary/aromatic N) is 1. The van der Waals surface area contributed by atoms with Crippen LogP contribution in [0.5, 0.6) is 0 Å². The first-order chi connectivity index (χ1) is 11.5. The van der Waals surface area contributed by atoms with Crippen LogP contribution in [0.4, 0.5) is 0 Å². The molecule has 0 unspecified atom stereocenters. The van der Waals surface area contributed by atoms with Gasteiger partial charge in [0.2, 0.25) is 0 Å². The summed E-state index contributed by atoms with van der Waals surface area (Å²) in [6.45, 7) is 1.37. The number of hydrazine groups is 1. The monoisotopic (exact) mass is 347 g/mol. The number of benzene rings is 1. The molecule has 0 fully saturated rings. The van der Waals surface area contributed by atoms with Gasteiger partial charge in [0, 0.05) is 11.8 Å². The quantitative estimate of drug-likeness (QED) is 0.499. The first-order valence-electron chi connectivity index (χ1n) is 6.96. The lowest BCUT2D eigenvalue weighted by atomic mass is 10.2. The molecule has 2 rings (SSSR count). The molecule has 0 aliphatic heterocycles. The number of hydrogen-bond acceptors (Lipinski definition) is 5. The van der Waals surface area contributed by atoms with Gasteiger partial charge in [-0.25, -0.2) is 9.78 Å². The van der Waals surface area contributed by atoms with Gasteiger partial charge in [-0.1, -0.05) is 29.8 Å². The van der Waals surface area contributed by atoms with Gasteiger partial charge >= 0.3 is 5.97 Å². The van der Waals surface area contributed by atoms with Crippen LogP contribution in [-0.4, -0.2) is 28.9 Å². The Balaban J connectivity index is 1.87. The average molecular weight is 348 g/mol. The highest BCUT2D eigenvalue weighted by Crippen LogP contribution is 2.13. The minimum atomic E-state index is -1.13. The van der Waals surface area contributed by atoms with Crippen molar-refractivity contribution < 1.29 is 19.1 Å². The predicted molar refractivity (Wildman–Crippen MR) is 86.2 cm³/mol. The molecule has 7 nitrogen and oxygen atoms in total. The van der Waals surface area contributed by atoms with Crippen molar-refractivity contribution in [2.24, 2.45) is 0 Å². The number of carbonyl (C=O) groups is 3. The Kier molecular flexibility index (Phi) is 5.86. The first-order valence-corrected chi connectivity index (χ1v) is 7.33. The summed E-state index contributed by atoms with van der Waals surface area (Å²) < 4.78 is 4.99. The summed E-state index contributed by atoms with van der Waals surface area (Å²) >= 11 is 5.78. The lowest BCUT2D eigenvalue weighted by Gasteiger charge is -2.14. The third-order valence-electron chi connectivity index (χ3n) is 2.97. The topological polar surface area (TPSA) is 97.4 Å². The highest BCUT2D eigenvalue weighted by Gasteiger charge is 2.21. The fourth-order valence-electron chi connectivity index (χ4n) is 1.70. The number of hydrogen-bond donors (Lipinski definition) is 2. The van der Waals surface area contributed by atoms with Gasteiger partial charge in [0.15, 0.2) is 6.10 Å². The van der Waals surface area contributed by atoms with E-state index in [1.165, 1.54) is 25.3 Å². The van der Waals surface area contributed by atoms with E-state index in [1.807, 2.05) is 0 Å². The van der Waals surface area contributed by atoms with Crippen LogP contribution >= 0.6 is 11.6 Å². The molecule has 0 bridgehead atoms. The maximum Gasteiger partial charge on any atom is 0.342 e. The zero-order chi connectivity index (χ0) is 17.5. The summed E-state index contributed by atoms with van der Waals surface area (Å²) in [6.07, 6.45) is 0.291. The van der Waals surface area contributed by atoms with Crippen LogP contribution in [-0.2, 0) is 9.53 Å². The van der Waals surface area contributed by atoms with Crippen LogP contribution in [0.15, 0.2) is 48.7 Å². The number of amides is 2. The largest absolute Gasteiger partial charge is 0.449 e. The molecule has 0 spiro atoms. The van der Waals surface area contributed by atoms with Crippen LogP contribution in [0.2, 0.25) is 5.15 Å². The van der Waals surface area contributed by atoms with Crippen LogP contribution in [0.25, 0.3) is 0 Å². The van der Waals surface area contributed by atoms with Crippen LogP contribution in [0.3, 0.4) is 0 Å². The molecule has 2 aromatic rings. The number of aromatic nitrogens is 1. The molecule has 2 N–H and O–H groups in total. The smallest absolute Gasteiger partial charge is 0.342 e. The van der Waals surface area contributed by atoms with Gasteiger partial charge in [-0.2, -0.15) is 0 Å². The van der Waals surface area contributed by atoms with E-state index < -0.39 is 23.9 Å². The van der Waals surface area contributed by atoms with Gasteiger partial charge < -0.3 is 4.74 Å². The van der Waals surface area contributed by atoms with Gasteiger partial charge in [-0.3, -0.25) is 20.4 Å². The van der Waals surface area contributed by atoms with E-state index in [9.17, 15) is 14.4 Å². The van der Waals surface area contributed by atoms with Gasteiger partial charge in [0.25, 0.3) is 11.8 Å². The first kappa shape index (κ1) is 17.4. The number of nitrogens with one attached hydrogen (secondary N) is 2. The molecule has 1 heterocycles. The highest BCUT2D eigenvalue weighted by atomic mass is 35.5. The Bertz CT molecular complexity index is 752. The molecule has 0 saturated carbocycles. The van der Waals surface area contributed by atoms with Crippen LogP contribution in [0, 0.1) is 0 Å². The normalized spacial score (nSPS) is 11.2. The fraction of sp³-hybridized carbons (Fsp3) is 0.125. The maximum absolute atomic E-state index is 11.9. The zero-order valence-corrected chi connectivity index (χ0v) is 13.4. The van der Waals surface area contributed by atoms with Gasteiger partial charge in [-0.05, 0) is 31.2 Å². The molecule has 0 radical (unpaired) electrons. The standard InChI is InChI=1S/C16H14ClN3O4/c1-10(24-16(23)12-8-5-9-18-13(12)17)14(21)19-20-15(22)11-6-3-2-4-7-11/h2-10H,1H3,(H,19,21)(H,20,22)/t10-/m1/s1. The molecule has 124 valence electrons. The molecule has 1 aromatic carbocycles. The number of halogens is 1. The summed E-state index contributed by atoms with van der Waals surface area (Å²) in [5.74, 6) is -1.96. The van der Waals surface area contributed by atoms with E-state index >= 15 is 0 Å². The van der Waals surface area contributed by atoms with E-state index in [0.717, 1.165) is 0 Å². The Morgan fingerprint density at radius 3 is 2.46 bits per heavy atom. The number of pyridine rings is 1. The van der Waals surface area contributed by atoms with Crippen molar-refractivity contribution in [1.82, 2.24) is 15.8 Å². The SMILES string of the molecule is C[C@@H](OC(=O)c1cccnc1Cl)C(=O)NNC(=O)c1ccccc1. The molecule has 24 heavy (non-hydrogen) atoms. The van der Waals surface area contributed by atoms with Gasteiger partial charge in [0.05, 0.1) is 5.56 Å². The number of carbonyl (C=O) groups excluding carboxylic acids is 3. The Labute approximate surface area is 143 Å². The molecular formula is C16H14ClN3O4. The second-order valence-corrected chi connectivity index (χ2v) is 5.06. The fourth-order valence-corrected chi connectivity index (χ4v) is 1.89. The lowest BCUT2D eigenvalue weighted by molar-refractivity contribution is -0.129. The zero-order valence-electron chi connectivity index (χ0n) is 12.7. The van der Waals surface area contributed by atoms with Crippen molar-refractivity contribution in [2.45, 2.75) is 13.0 Å². The minimum absolute atomic E-state index is 0.0208. The number of rotatable bonds is 4. The molecule has 0 aliphatic carbocycles. The lowest BCUT2D eigenvalue weighted by Crippen LogP contribution is -2.46. The number of esters is 1. The van der Waals surface area contributed by atoms with Crippen molar-refractivity contribution in [3.8, 4) is 0 Å². The van der Waals surface area contributed by atoms with Gasteiger partial charge in [0.1, 0.15) is 5.15 Å². The Hall–Kier alpha value is -2.93. The van der Waals surface area contributed by atoms with Crippen molar-refractivity contribution in [3.05, 3.63) is 64.9 Å². The molecule has 1 aromatic heterocycles. The van der Waals surface area contributed by atoms with Crippen molar-refractivity contribution in [1.29, 1.82) is 0 Å². The van der Waals surface area contributed by atoms with Crippen molar-refractivity contribution in [3.63, 3.8) is 0 Å². The molecule has 2 amide bonds. The molecule has 0 saturated heterocycles. The molecule has 0 aliphatic rings. The van der Waals surface area contributed by atoms with E-state index in [1.54, 1.807) is 30.3 Å². The summed E-state index contributed by atoms with van der Waals surface area (Å²) in [5, 5.41) is -0.0208. The third-order valence-corrected chi connectivity index (χ3v) is 3.27.